The molecule has 0 fully saturated rings. The summed E-state index contributed by atoms with van der Waals surface area (Å²) in [6, 6.07) is 16.1. The van der Waals surface area contributed by atoms with Crippen molar-refractivity contribution in [3.8, 4) is 5.75 Å². The SMILES string of the molecule is O=C(CSCC(=O)OCCOc1ccccc1)Nc1ccc(Cl)cc1. The van der Waals surface area contributed by atoms with Crippen LogP contribution in [0.3, 0.4) is 0 Å². The zero-order valence-corrected chi connectivity index (χ0v) is 15.0. The largest absolute Gasteiger partial charge is 0.490 e. The van der Waals surface area contributed by atoms with Gasteiger partial charge < -0.3 is 14.8 Å². The number of rotatable bonds is 9. The number of hydrogen-bond donors (Lipinski definition) is 1. The molecule has 0 aromatic heterocycles. The van der Waals surface area contributed by atoms with Gasteiger partial charge in [0.05, 0.1) is 11.5 Å². The highest BCUT2D eigenvalue weighted by molar-refractivity contribution is 8.00. The minimum absolute atomic E-state index is 0.110. The fraction of sp³-hybridized carbons (Fsp3) is 0.222. The second kappa shape index (κ2) is 10.6. The van der Waals surface area contributed by atoms with Crippen LogP contribution in [-0.2, 0) is 14.3 Å². The van der Waals surface area contributed by atoms with Crippen molar-refractivity contribution in [2.75, 3.05) is 30.0 Å². The molecule has 0 bridgehead atoms. The first-order valence-electron chi connectivity index (χ1n) is 7.60. The summed E-state index contributed by atoms with van der Waals surface area (Å²) in [5.41, 5.74) is 0.663. The molecule has 7 heteroatoms. The van der Waals surface area contributed by atoms with E-state index in [0.29, 0.717) is 10.7 Å². The van der Waals surface area contributed by atoms with E-state index in [2.05, 4.69) is 5.32 Å². The lowest BCUT2D eigenvalue weighted by molar-refractivity contribution is -0.141. The third kappa shape index (κ3) is 7.96. The Balaban J connectivity index is 1.54. The summed E-state index contributed by atoms with van der Waals surface area (Å²) >= 11 is 6.97. The molecule has 0 saturated heterocycles. The molecule has 0 radical (unpaired) electrons. The van der Waals surface area contributed by atoms with Gasteiger partial charge in [0, 0.05) is 10.7 Å². The number of esters is 1. The quantitative estimate of drug-likeness (QED) is 0.532. The number of amides is 1. The highest BCUT2D eigenvalue weighted by atomic mass is 35.5. The number of carbonyl (C=O) groups excluding carboxylic acids is 2. The van der Waals surface area contributed by atoms with Gasteiger partial charge in [-0.25, -0.2) is 0 Å². The van der Waals surface area contributed by atoms with Crippen molar-refractivity contribution < 1.29 is 19.1 Å². The Morgan fingerprint density at radius 3 is 2.40 bits per heavy atom. The first-order valence-corrected chi connectivity index (χ1v) is 9.13. The lowest BCUT2D eigenvalue weighted by Crippen LogP contribution is -2.17. The molecule has 0 heterocycles. The summed E-state index contributed by atoms with van der Waals surface area (Å²) in [5, 5.41) is 3.33. The van der Waals surface area contributed by atoms with Gasteiger partial charge in [0.2, 0.25) is 5.91 Å². The van der Waals surface area contributed by atoms with E-state index in [1.54, 1.807) is 24.3 Å². The second-order valence-electron chi connectivity index (χ2n) is 4.93. The molecule has 1 N–H and O–H groups in total. The molecule has 0 aliphatic rings. The van der Waals surface area contributed by atoms with Crippen molar-refractivity contribution in [2.24, 2.45) is 0 Å². The van der Waals surface area contributed by atoms with E-state index in [0.717, 1.165) is 5.75 Å². The van der Waals surface area contributed by atoms with E-state index in [1.807, 2.05) is 30.3 Å². The summed E-state index contributed by atoms with van der Waals surface area (Å²) in [4.78, 5) is 23.3. The highest BCUT2D eigenvalue weighted by Gasteiger charge is 2.07. The van der Waals surface area contributed by atoms with Gasteiger partial charge in [0.15, 0.2) is 0 Å². The average Bonchev–Trinajstić information content (AvgIpc) is 2.62. The van der Waals surface area contributed by atoms with Crippen LogP contribution in [0.15, 0.2) is 54.6 Å². The Morgan fingerprint density at radius 1 is 0.960 bits per heavy atom. The number of hydrogen-bond acceptors (Lipinski definition) is 5. The van der Waals surface area contributed by atoms with E-state index in [9.17, 15) is 9.59 Å². The number of thioether (sulfide) groups is 1. The highest BCUT2D eigenvalue weighted by Crippen LogP contribution is 2.14. The molecule has 0 aliphatic heterocycles. The van der Waals surface area contributed by atoms with Crippen LogP contribution in [0.2, 0.25) is 5.02 Å². The van der Waals surface area contributed by atoms with Crippen LogP contribution in [0, 0.1) is 0 Å². The molecule has 25 heavy (non-hydrogen) atoms. The molecule has 1 amide bonds. The van der Waals surface area contributed by atoms with Gasteiger partial charge in [-0.05, 0) is 36.4 Å². The predicted octanol–water partition coefficient (Wildman–Crippen LogP) is 3.63. The Morgan fingerprint density at radius 2 is 1.68 bits per heavy atom. The summed E-state index contributed by atoms with van der Waals surface area (Å²) in [7, 11) is 0. The van der Waals surface area contributed by atoms with Gasteiger partial charge in [-0.1, -0.05) is 29.8 Å². The maximum Gasteiger partial charge on any atom is 0.316 e. The summed E-state index contributed by atoms with van der Waals surface area (Å²) < 4.78 is 10.5. The number of ether oxygens (including phenoxy) is 2. The number of carbonyl (C=O) groups is 2. The monoisotopic (exact) mass is 379 g/mol. The molecule has 5 nitrogen and oxygen atoms in total. The maximum atomic E-state index is 11.8. The van der Waals surface area contributed by atoms with Crippen LogP contribution in [0.25, 0.3) is 0 Å². The maximum absolute atomic E-state index is 11.8. The van der Waals surface area contributed by atoms with E-state index in [1.165, 1.54) is 11.8 Å². The number of nitrogens with one attached hydrogen (secondary N) is 1. The van der Waals surface area contributed by atoms with E-state index in [-0.39, 0.29) is 36.6 Å². The zero-order valence-electron chi connectivity index (χ0n) is 13.4. The number of anilines is 1. The molecule has 0 spiro atoms. The molecule has 0 saturated carbocycles. The smallest absolute Gasteiger partial charge is 0.316 e. The topological polar surface area (TPSA) is 64.6 Å². The second-order valence-corrected chi connectivity index (χ2v) is 6.35. The van der Waals surface area contributed by atoms with Gasteiger partial charge in [-0.2, -0.15) is 0 Å². The molecular weight excluding hydrogens is 362 g/mol. The van der Waals surface area contributed by atoms with Gasteiger partial charge in [0.1, 0.15) is 19.0 Å². The average molecular weight is 380 g/mol. The molecule has 0 aliphatic carbocycles. The van der Waals surface area contributed by atoms with E-state index in [4.69, 9.17) is 21.1 Å². The lowest BCUT2D eigenvalue weighted by atomic mass is 10.3. The molecule has 2 aromatic rings. The van der Waals surface area contributed by atoms with Crippen LogP contribution in [-0.4, -0.2) is 36.6 Å². The van der Waals surface area contributed by atoms with Crippen molar-refractivity contribution in [3.63, 3.8) is 0 Å². The molecule has 0 unspecified atom stereocenters. The lowest BCUT2D eigenvalue weighted by Gasteiger charge is -2.07. The normalized spacial score (nSPS) is 10.1. The Bertz CT molecular complexity index is 679. The Labute approximate surface area is 155 Å². The minimum Gasteiger partial charge on any atom is -0.490 e. The van der Waals surface area contributed by atoms with Crippen LogP contribution in [0.5, 0.6) is 5.75 Å². The minimum atomic E-state index is -0.374. The standard InChI is InChI=1S/C18H18ClNO4S/c19-14-6-8-15(9-7-14)20-17(21)12-25-13-18(22)24-11-10-23-16-4-2-1-3-5-16/h1-9H,10-13H2,(H,20,21). The Hall–Kier alpha value is -2.18. The predicted molar refractivity (Wildman–Crippen MR) is 100 cm³/mol. The van der Waals surface area contributed by atoms with Crippen LogP contribution in [0.1, 0.15) is 0 Å². The number of para-hydroxylation sites is 1. The van der Waals surface area contributed by atoms with Gasteiger partial charge in [-0.15, -0.1) is 11.8 Å². The van der Waals surface area contributed by atoms with Crippen molar-refractivity contribution >= 4 is 40.9 Å². The van der Waals surface area contributed by atoms with Crippen molar-refractivity contribution in [3.05, 3.63) is 59.6 Å². The van der Waals surface area contributed by atoms with E-state index < -0.39 is 0 Å². The molecule has 2 rings (SSSR count). The summed E-state index contributed by atoms with van der Waals surface area (Å²) in [6.45, 7) is 0.461. The van der Waals surface area contributed by atoms with Gasteiger partial charge in [0.25, 0.3) is 0 Å². The first-order chi connectivity index (χ1) is 12.1. The number of benzene rings is 2. The Kier molecular flexibility index (Phi) is 8.15. The summed E-state index contributed by atoms with van der Waals surface area (Å²) in [5.74, 6) is 0.442. The summed E-state index contributed by atoms with van der Waals surface area (Å²) in [6.07, 6.45) is 0. The zero-order chi connectivity index (χ0) is 17.9. The van der Waals surface area contributed by atoms with Crippen LogP contribution >= 0.6 is 23.4 Å². The molecule has 132 valence electrons. The van der Waals surface area contributed by atoms with Crippen molar-refractivity contribution in [1.29, 1.82) is 0 Å². The van der Waals surface area contributed by atoms with Gasteiger partial charge >= 0.3 is 5.97 Å². The van der Waals surface area contributed by atoms with Crippen LogP contribution < -0.4 is 10.1 Å². The molecular formula is C18H18ClNO4S. The fourth-order valence-electron chi connectivity index (χ4n) is 1.83. The van der Waals surface area contributed by atoms with Crippen molar-refractivity contribution in [2.45, 2.75) is 0 Å². The third-order valence-electron chi connectivity index (χ3n) is 2.94. The van der Waals surface area contributed by atoms with Crippen LogP contribution in [0.4, 0.5) is 5.69 Å². The fourth-order valence-corrected chi connectivity index (χ4v) is 2.57. The van der Waals surface area contributed by atoms with Gasteiger partial charge in [-0.3, -0.25) is 9.59 Å². The third-order valence-corrected chi connectivity index (χ3v) is 4.10. The number of halogens is 1. The van der Waals surface area contributed by atoms with Crippen molar-refractivity contribution in [1.82, 2.24) is 0 Å². The van der Waals surface area contributed by atoms with E-state index >= 15 is 0 Å². The first kappa shape index (κ1) is 19.1. The molecule has 2 aromatic carbocycles. The molecule has 0 atom stereocenters.